The van der Waals surface area contributed by atoms with E-state index in [0.717, 1.165) is 36.6 Å². The number of pyridine rings is 2. The first kappa shape index (κ1) is 34.8. The molecule has 1 aliphatic carbocycles. The summed E-state index contributed by atoms with van der Waals surface area (Å²) in [5.41, 5.74) is -1.37. The molecule has 2 heterocycles. The van der Waals surface area contributed by atoms with Crippen LogP contribution >= 0.6 is 0 Å². The smallest absolute Gasteiger partial charge is 0.407 e. The van der Waals surface area contributed by atoms with Crippen LogP contribution in [0.25, 0.3) is 11.3 Å². The van der Waals surface area contributed by atoms with Crippen LogP contribution < -0.4 is 10.6 Å². The number of halogens is 3. The van der Waals surface area contributed by atoms with Crippen molar-refractivity contribution in [3.05, 3.63) is 77.5 Å². The lowest BCUT2D eigenvalue weighted by Crippen LogP contribution is -2.52. The van der Waals surface area contributed by atoms with E-state index in [9.17, 15) is 31.2 Å². The van der Waals surface area contributed by atoms with Crippen LogP contribution in [0.2, 0.25) is 0 Å². The molecule has 1 aromatic carbocycles. The van der Waals surface area contributed by atoms with Crippen LogP contribution in [0.1, 0.15) is 62.5 Å². The number of aromatic nitrogens is 2. The first-order chi connectivity index (χ1) is 21.5. The lowest BCUT2D eigenvalue weighted by atomic mass is 9.74. The van der Waals surface area contributed by atoms with Gasteiger partial charge in [0.05, 0.1) is 42.0 Å². The lowest BCUT2D eigenvalue weighted by molar-refractivity contribution is -0.0288. The Bertz CT molecular complexity index is 1680. The van der Waals surface area contributed by atoms with Crippen molar-refractivity contribution in [1.82, 2.24) is 15.3 Å². The van der Waals surface area contributed by atoms with Gasteiger partial charge in [-0.2, -0.15) is 0 Å². The number of hydrogen-bond acceptors (Lipinski definition) is 8. The zero-order valence-corrected chi connectivity index (χ0v) is 27.0. The van der Waals surface area contributed by atoms with Crippen LogP contribution in [0.4, 0.5) is 23.7 Å². The fourth-order valence-electron chi connectivity index (χ4n) is 5.51. The van der Waals surface area contributed by atoms with Gasteiger partial charge in [-0.15, -0.1) is 0 Å². The van der Waals surface area contributed by atoms with Gasteiger partial charge in [0.25, 0.3) is 5.91 Å². The van der Waals surface area contributed by atoms with Crippen LogP contribution in [-0.4, -0.2) is 66.7 Å². The molecule has 46 heavy (non-hydrogen) atoms. The number of hydrogen-bond donors (Lipinski definition) is 2. The molecule has 2 amide bonds. The number of amides is 2. The summed E-state index contributed by atoms with van der Waals surface area (Å²) in [4.78, 5) is 34.2. The molecular formula is C32H37F3N4O6S. The minimum Gasteiger partial charge on any atom is -0.444 e. The molecule has 0 unspecified atom stereocenters. The second kappa shape index (κ2) is 14.2. The number of anilines is 1. The Morgan fingerprint density at radius 3 is 2.37 bits per heavy atom. The van der Waals surface area contributed by atoms with Crippen LogP contribution in [0.3, 0.4) is 0 Å². The molecule has 0 spiro atoms. The molecule has 1 aliphatic rings. The highest BCUT2D eigenvalue weighted by Gasteiger charge is 2.39. The molecule has 2 aromatic heterocycles. The van der Waals surface area contributed by atoms with Gasteiger partial charge in [0.2, 0.25) is 0 Å². The predicted octanol–water partition coefficient (Wildman–Crippen LogP) is 5.65. The molecule has 0 bridgehead atoms. The van der Waals surface area contributed by atoms with Gasteiger partial charge in [-0.25, -0.2) is 31.4 Å². The SMILES string of the molecule is C[C@H]1C[C@@H](c2ccncc2NC(=O)c2ccc(F)c(-c3c(F)cccc3F)n2)C[C@@H](NC(=O)OC(C)(C)C)[C@H]1OCCS(C)(=O)=O. The zero-order chi connectivity index (χ0) is 33.8. The average molecular weight is 663 g/mol. The van der Waals surface area contributed by atoms with Gasteiger partial charge in [0.15, 0.2) is 0 Å². The third-order valence-corrected chi connectivity index (χ3v) is 8.35. The summed E-state index contributed by atoms with van der Waals surface area (Å²) < 4.78 is 78.3. The maximum Gasteiger partial charge on any atom is 0.407 e. The second-order valence-corrected chi connectivity index (χ2v) is 14.7. The summed E-state index contributed by atoms with van der Waals surface area (Å²) in [5.74, 6) is -4.39. The highest BCUT2D eigenvalue weighted by atomic mass is 32.2. The number of ether oxygens (including phenoxy) is 2. The standard InChI is InChI=1S/C32H37F3N4O6S/c1-18-15-19(16-25(39-31(41)45-32(2,3)4)29(18)44-13-14-46(5,42)43)20-11-12-36-17-26(20)38-30(40)24-10-9-23(35)28(37-24)27-21(33)7-6-8-22(27)34/h6-12,17-19,25,29H,13-16H2,1-5H3,(H,38,40)(H,39,41)/t18-,19+,25+,29-/m0/s1. The number of nitrogens with one attached hydrogen (secondary N) is 2. The molecule has 3 aromatic rings. The van der Waals surface area contributed by atoms with Crippen molar-refractivity contribution in [3.8, 4) is 11.3 Å². The van der Waals surface area contributed by atoms with Gasteiger partial charge >= 0.3 is 6.09 Å². The highest BCUT2D eigenvalue weighted by Crippen LogP contribution is 2.40. The largest absolute Gasteiger partial charge is 0.444 e. The topological polar surface area (TPSA) is 137 Å². The van der Waals surface area contributed by atoms with E-state index in [4.69, 9.17) is 9.47 Å². The van der Waals surface area contributed by atoms with Crippen molar-refractivity contribution < 1.29 is 40.7 Å². The van der Waals surface area contributed by atoms with Crippen LogP contribution in [0.5, 0.6) is 0 Å². The lowest BCUT2D eigenvalue weighted by Gasteiger charge is -2.41. The molecule has 1 fully saturated rings. The third kappa shape index (κ3) is 9.03. The molecule has 0 saturated heterocycles. The Labute approximate surface area is 266 Å². The minimum absolute atomic E-state index is 0.0506. The Kier molecular flexibility index (Phi) is 10.7. The van der Waals surface area contributed by atoms with Crippen molar-refractivity contribution in [3.63, 3.8) is 0 Å². The van der Waals surface area contributed by atoms with Crippen molar-refractivity contribution in [2.45, 2.75) is 64.2 Å². The third-order valence-electron chi connectivity index (χ3n) is 7.44. The molecule has 14 heteroatoms. The number of alkyl carbamates (subject to hydrolysis) is 1. The average Bonchev–Trinajstić information content (AvgIpc) is 2.93. The molecule has 10 nitrogen and oxygen atoms in total. The first-order valence-corrected chi connectivity index (χ1v) is 16.7. The van der Waals surface area contributed by atoms with Crippen LogP contribution in [0.15, 0.2) is 48.8 Å². The predicted molar refractivity (Wildman–Crippen MR) is 165 cm³/mol. The maximum absolute atomic E-state index is 14.6. The summed E-state index contributed by atoms with van der Waals surface area (Å²) in [6.07, 6.45) is 3.83. The number of carbonyl (C=O) groups excluding carboxylic acids is 2. The number of nitrogens with zero attached hydrogens (tertiary/aromatic N) is 2. The fraction of sp³-hybridized carbons (Fsp3) is 0.438. The van der Waals surface area contributed by atoms with E-state index in [0.29, 0.717) is 24.1 Å². The van der Waals surface area contributed by atoms with Gasteiger partial charge in [-0.1, -0.05) is 13.0 Å². The van der Waals surface area contributed by atoms with E-state index in [2.05, 4.69) is 20.6 Å². The van der Waals surface area contributed by atoms with Crippen molar-refractivity contribution in [2.75, 3.05) is 23.9 Å². The second-order valence-electron chi connectivity index (χ2n) is 12.4. The van der Waals surface area contributed by atoms with Crippen molar-refractivity contribution >= 4 is 27.5 Å². The molecule has 0 radical (unpaired) electrons. The molecule has 4 atom stereocenters. The summed E-state index contributed by atoms with van der Waals surface area (Å²) in [5, 5.41) is 5.61. The molecule has 2 N–H and O–H groups in total. The summed E-state index contributed by atoms with van der Waals surface area (Å²) in [6, 6.07) is 6.23. The van der Waals surface area contributed by atoms with Gasteiger partial charge in [0, 0.05) is 12.5 Å². The molecular weight excluding hydrogens is 625 g/mol. The summed E-state index contributed by atoms with van der Waals surface area (Å²) >= 11 is 0. The quantitative estimate of drug-likeness (QED) is 0.300. The highest BCUT2D eigenvalue weighted by molar-refractivity contribution is 7.90. The van der Waals surface area contributed by atoms with Crippen molar-refractivity contribution in [2.24, 2.45) is 5.92 Å². The molecule has 0 aliphatic heterocycles. The number of sulfone groups is 1. The Morgan fingerprint density at radius 1 is 1.02 bits per heavy atom. The Hall–Kier alpha value is -4.04. The van der Waals surface area contributed by atoms with E-state index in [1.54, 1.807) is 33.0 Å². The van der Waals surface area contributed by atoms with E-state index in [1.165, 1.54) is 6.20 Å². The number of benzene rings is 1. The van der Waals surface area contributed by atoms with E-state index in [1.807, 2.05) is 6.92 Å². The molecule has 1 saturated carbocycles. The van der Waals surface area contributed by atoms with E-state index < -0.39 is 68.3 Å². The Balaban J connectivity index is 1.59. The fourth-order valence-corrected chi connectivity index (χ4v) is 5.91. The van der Waals surface area contributed by atoms with Gasteiger partial charge < -0.3 is 20.1 Å². The van der Waals surface area contributed by atoms with E-state index in [-0.39, 0.29) is 29.9 Å². The van der Waals surface area contributed by atoms with Crippen LogP contribution in [0, 0.1) is 23.4 Å². The van der Waals surface area contributed by atoms with Gasteiger partial charge in [0.1, 0.15) is 44.3 Å². The summed E-state index contributed by atoms with van der Waals surface area (Å²) in [6.45, 7) is 7.07. The summed E-state index contributed by atoms with van der Waals surface area (Å²) in [7, 11) is -3.27. The number of carbonyl (C=O) groups is 2. The first-order valence-electron chi connectivity index (χ1n) is 14.7. The maximum atomic E-state index is 14.6. The van der Waals surface area contributed by atoms with Crippen LogP contribution in [-0.2, 0) is 19.3 Å². The number of rotatable bonds is 9. The van der Waals surface area contributed by atoms with E-state index >= 15 is 0 Å². The minimum atomic E-state index is -3.27. The molecule has 4 rings (SSSR count). The van der Waals surface area contributed by atoms with Gasteiger partial charge in [-0.3, -0.25) is 9.78 Å². The van der Waals surface area contributed by atoms with Gasteiger partial charge in [-0.05, 0) is 81.3 Å². The zero-order valence-electron chi connectivity index (χ0n) is 26.1. The Morgan fingerprint density at radius 2 is 1.72 bits per heavy atom. The van der Waals surface area contributed by atoms with Crippen molar-refractivity contribution in [1.29, 1.82) is 0 Å². The monoisotopic (exact) mass is 662 g/mol. The molecule has 248 valence electrons. The normalized spacial score (nSPS) is 20.2.